The van der Waals surface area contributed by atoms with Crippen molar-refractivity contribution in [3.05, 3.63) is 57.5 Å². The van der Waals surface area contributed by atoms with Gasteiger partial charge in [0.1, 0.15) is 5.75 Å². The molecule has 1 unspecified atom stereocenters. The largest absolute Gasteiger partial charge is 0.481 e. The molecule has 0 fully saturated rings. The molecule has 0 radical (unpaired) electrons. The minimum Gasteiger partial charge on any atom is -0.481 e. The maximum Gasteiger partial charge on any atom is 0.344 e. The average Bonchev–Trinajstić information content (AvgIpc) is 2.61. The summed E-state index contributed by atoms with van der Waals surface area (Å²) >= 11 is 9.10. The molecule has 0 bridgehead atoms. The molecule has 0 aliphatic carbocycles. The molecule has 0 saturated heterocycles. The molecule has 134 valence electrons. The first-order valence-corrected chi connectivity index (χ1v) is 8.64. The molecule has 1 atom stereocenters. The van der Waals surface area contributed by atoms with Gasteiger partial charge in [-0.1, -0.05) is 17.7 Å². The predicted molar refractivity (Wildman–Crippen MR) is 100.0 cm³/mol. The molecule has 2 aromatic rings. The molecule has 0 saturated carbocycles. The number of halogens is 2. The molecule has 2 rings (SSSR count). The van der Waals surface area contributed by atoms with Crippen LogP contribution >= 0.6 is 27.5 Å². The lowest BCUT2D eigenvalue weighted by atomic mass is 10.2. The maximum atomic E-state index is 12.1. The normalized spacial score (nSPS) is 11.2. The number of rotatable bonds is 6. The summed E-state index contributed by atoms with van der Waals surface area (Å²) in [7, 11) is 0. The number of carbonyl (C=O) groups is 2. The zero-order valence-corrected chi connectivity index (χ0v) is 16.0. The Bertz CT molecular complexity index is 867. The molecule has 0 heterocycles. The summed E-state index contributed by atoms with van der Waals surface area (Å²) in [6.07, 6.45) is -1.02. The highest BCUT2D eigenvalue weighted by atomic mass is 79.9. The highest BCUT2D eigenvalue weighted by Gasteiger charge is 2.18. The Hall–Kier alpha value is -2.56. The number of amides is 1. The van der Waals surface area contributed by atoms with Gasteiger partial charge in [-0.2, -0.15) is 5.26 Å². The van der Waals surface area contributed by atoms with Crippen molar-refractivity contribution >= 4 is 45.1 Å². The molecule has 6 nitrogen and oxygen atoms in total. The zero-order chi connectivity index (χ0) is 19.1. The van der Waals surface area contributed by atoms with E-state index in [9.17, 15) is 9.59 Å². The first kappa shape index (κ1) is 19.8. The molecule has 1 N–H and O–H groups in total. The van der Waals surface area contributed by atoms with E-state index in [0.29, 0.717) is 26.5 Å². The third-order valence-corrected chi connectivity index (χ3v) is 4.03. The van der Waals surface area contributed by atoms with Crippen molar-refractivity contribution < 1.29 is 19.1 Å². The van der Waals surface area contributed by atoms with Crippen LogP contribution in [0.15, 0.2) is 46.9 Å². The summed E-state index contributed by atoms with van der Waals surface area (Å²) in [4.78, 5) is 23.9. The molecule has 0 aliphatic heterocycles. The SMILES string of the molecule is CC(OC(=O)COc1ccc(Cl)cc1Br)C(=O)Nc1cccc(C#N)c1. The minimum absolute atomic E-state index is 0.359. The van der Waals surface area contributed by atoms with Crippen LogP contribution in [0.3, 0.4) is 0 Å². The number of benzene rings is 2. The van der Waals surface area contributed by atoms with E-state index < -0.39 is 18.0 Å². The Morgan fingerprint density at radius 3 is 2.77 bits per heavy atom. The molecular weight excluding hydrogens is 424 g/mol. The van der Waals surface area contributed by atoms with Gasteiger partial charge in [-0.05, 0) is 59.3 Å². The average molecular weight is 438 g/mol. The highest BCUT2D eigenvalue weighted by Crippen LogP contribution is 2.27. The van der Waals surface area contributed by atoms with Gasteiger partial charge in [0.15, 0.2) is 12.7 Å². The van der Waals surface area contributed by atoms with Crippen LogP contribution in [-0.2, 0) is 14.3 Å². The van der Waals surface area contributed by atoms with Crippen molar-refractivity contribution in [2.75, 3.05) is 11.9 Å². The number of nitrogens with one attached hydrogen (secondary N) is 1. The van der Waals surface area contributed by atoms with Crippen LogP contribution in [0.5, 0.6) is 5.75 Å². The van der Waals surface area contributed by atoms with Crippen LogP contribution in [0, 0.1) is 11.3 Å². The number of carbonyl (C=O) groups excluding carboxylic acids is 2. The van der Waals surface area contributed by atoms with E-state index in [1.165, 1.54) is 13.0 Å². The standard InChI is InChI=1S/C18H14BrClN2O4/c1-11(18(24)22-14-4-2-3-12(7-14)9-21)26-17(23)10-25-16-6-5-13(20)8-15(16)19/h2-8,11H,10H2,1H3,(H,22,24). The second-order valence-corrected chi connectivity index (χ2v) is 6.47. The van der Waals surface area contributed by atoms with Gasteiger partial charge < -0.3 is 14.8 Å². The fourth-order valence-corrected chi connectivity index (χ4v) is 2.72. The van der Waals surface area contributed by atoms with Gasteiger partial charge >= 0.3 is 5.97 Å². The summed E-state index contributed by atoms with van der Waals surface area (Å²) in [5, 5.41) is 12.0. The molecule has 1 amide bonds. The number of esters is 1. The smallest absolute Gasteiger partial charge is 0.344 e. The van der Waals surface area contributed by atoms with Gasteiger partial charge in [0.05, 0.1) is 16.1 Å². The monoisotopic (exact) mass is 436 g/mol. The molecule has 0 aliphatic rings. The van der Waals surface area contributed by atoms with Crippen LogP contribution in [-0.4, -0.2) is 24.6 Å². The summed E-state index contributed by atoms with van der Waals surface area (Å²) < 4.78 is 11.0. The second kappa shape index (κ2) is 9.22. The maximum absolute atomic E-state index is 12.1. The Morgan fingerprint density at radius 2 is 2.08 bits per heavy atom. The van der Waals surface area contributed by atoms with Crippen molar-refractivity contribution in [1.29, 1.82) is 5.26 Å². The fraction of sp³-hybridized carbons (Fsp3) is 0.167. The minimum atomic E-state index is -1.02. The topological polar surface area (TPSA) is 88.4 Å². The molecule has 2 aromatic carbocycles. The Labute approximate surface area is 163 Å². The van der Waals surface area contributed by atoms with Crippen molar-refractivity contribution in [2.24, 2.45) is 0 Å². The number of ether oxygens (including phenoxy) is 2. The Balaban J connectivity index is 1.85. The van der Waals surface area contributed by atoms with Crippen LogP contribution in [0.25, 0.3) is 0 Å². The van der Waals surface area contributed by atoms with E-state index in [2.05, 4.69) is 21.2 Å². The summed E-state index contributed by atoms with van der Waals surface area (Å²) in [5.74, 6) is -0.779. The van der Waals surface area contributed by atoms with Crippen LogP contribution in [0.1, 0.15) is 12.5 Å². The summed E-state index contributed by atoms with van der Waals surface area (Å²) in [5.41, 5.74) is 0.854. The van der Waals surface area contributed by atoms with E-state index in [1.807, 2.05) is 6.07 Å². The van der Waals surface area contributed by atoms with Gasteiger partial charge in [0.2, 0.25) is 0 Å². The van der Waals surface area contributed by atoms with Crippen molar-refractivity contribution in [3.63, 3.8) is 0 Å². The lowest BCUT2D eigenvalue weighted by molar-refractivity contribution is -0.155. The fourth-order valence-electron chi connectivity index (χ4n) is 1.92. The van der Waals surface area contributed by atoms with Gasteiger partial charge in [0.25, 0.3) is 5.91 Å². The number of hydrogen-bond acceptors (Lipinski definition) is 5. The van der Waals surface area contributed by atoms with E-state index in [-0.39, 0.29) is 6.61 Å². The summed E-state index contributed by atoms with van der Waals surface area (Å²) in [6.45, 7) is 1.08. The third-order valence-electron chi connectivity index (χ3n) is 3.18. The number of hydrogen-bond donors (Lipinski definition) is 1. The van der Waals surface area contributed by atoms with Crippen molar-refractivity contribution in [1.82, 2.24) is 0 Å². The van der Waals surface area contributed by atoms with Gasteiger partial charge in [-0.25, -0.2) is 4.79 Å². The summed E-state index contributed by atoms with van der Waals surface area (Å²) in [6, 6.07) is 13.3. The molecular formula is C18H14BrClN2O4. The lowest BCUT2D eigenvalue weighted by Crippen LogP contribution is -2.31. The zero-order valence-electron chi connectivity index (χ0n) is 13.7. The first-order chi connectivity index (χ1) is 12.4. The van der Waals surface area contributed by atoms with Gasteiger partial charge in [0, 0.05) is 10.7 Å². The van der Waals surface area contributed by atoms with Crippen molar-refractivity contribution in [3.8, 4) is 11.8 Å². The first-order valence-electron chi connectivity index (χ1n) is 7.47. The third kappa shape index (κ3) is 5.76. The van der Waals surface area contributed by atoms with Gasteiger partial charge in [-0.15, -0.1) is 0 Å². The molecule has 8 heteroatoms. The van der Waals surface area contributed by atoms with Crippen LogP contribution < -0.4 is 10.1 Å². The molecule has 0 spiro atoms. The lowest BCUT2D eigenvalue weighted by Gasteiger charge is -2.14. The molecule has 0 aromatic heterocycles. The second-order valence-electron chi connectivity index (χ2n) is 5.18. The van der Waals surface area contributed by atoms with E-state index in [4.69, 9.17) is 26.3 Å². The van der Waals surface area contributed by atoms with Gasteiger partial charge in [-0.3, -0.25) is 4.79 Å². The van der Waals surface area contributed by atoms with E-state index >= 15 is 0 Å². The van der Waals surface area contributed by atoms with Crippen LogP contribution in [0.2, 0.25) is 5.02 Å². The van der Waals surface area contributed by atoms with Crippen LogP contribution in [0.4, 0.5) is 5.69 Å². The van der Waals surface area contributed by atoms with E-state index in [1.54, 1.807) is 36.4 Å². The van der Waals surface area contributed by atoms with E-state index in [0.717, 1.165) is 0 Å². The Kier molecular flexibility index (Phi) is 7.01. The number of nitriles is 1. The quantitative estimate of drug-likeness (QED) is 0.692. The number of anilines is 1. The highest BCUT2D eigenvalue weighted by molar-refractivity contribution is 9.10. The van der Waals surface area contributed by atoms with Crippen molar-refractivity contribution in [2.45, 2.75) is 13.0 Å². The Morgan fingerprint density at radius 1 is 1.31 bits per heavy atom. The molecule has 26 heavy (non-hydrogen) atoms. The number of nitrogens with zero attached hydrogens (tertiary/aromatic N) is 1. The predicted octanol–water partition coefficient (Wildman–Crippen LogP) is 3.92.